The average molecular weight is 256 g/mol. The Hall–Kier alpha value is -2.17. The summed E-state index contributed by atoms with van der Waals surface area (Å²) in [4.78, 5) is 8.95. The van der Waals surface area contributed by atoms with Crippen molar-refractivity contribution in [3.63, 3.8) is 0 Å². The molecule has 98 valence electrons. The maximum Gasteiger partial charge on any atom is 0.223 e. The van der Waals surface area contributed by atoms with Crippen LogP contribution in [0.3, 0.4) is 0 Å². The summed E-state index contributed by atoms with van der Waals surface area (Å²) in [6.07, 6.45) is 2.01. The van der Waals surface area contributed by atoms with Crippen LogP contribution < -0.4 is 0 Å². The molecular weight excluding hydrogens is 240 g/mol. The Kier molecular flexibility index (Phi) is 3.03. The summed E-state index contributed by atoms with van der Waals surface area (Å²) < 4.78 is 7.20. The minimum absolute atomic E-state index is 0.594. The van der Waals surface area contributed by atoms with Crippen LogP contribution in [0.5, 0.6) is 0 Å². The molecule has 1 aromatic carbocycles. The number of hydrogen-bond donors (Lipinski definition) is 0. The number of hydrogen-bond acceptors (Lipinski definition) is 4. The van der Waals surface area contributed by atoms with Crippen LogP contribution in [0.2, 0.25) is 0 Å². The lowest BCUT2D eigenvalue weighted by Crippen LogP contribution is -2.06. The summed E-state index contributed by atoms with van der Waals surface area (Å²) in [6.45, 7) is 4.56. The third-order valence-corrected chi connectivity index (χ3v) is 3.08. The molecule has 0 unspecified atom stereocenters. The van der Waals surface area contributed by atoms with Gasteiger partial charge < -0.3 is 9.09 Å². The van der Waals surface area contributed by atoms with E-state index in [0.717, 1.165) is 29.7 Å². The zero-order chi connectivity index (χ0) is 13.2. The van der Waals surface area contributed by atoms with Gasteiger partial charge in [0.25, 0.3) is 0 Å². The quantitative estimate of drug-likeness (QED) is 0.720. The van der Waals surface area contributed by atoms with Gasteiger partial charge in [-0.15, -0.1) is 0 Å². The number of aromatic nitrogens is 4. The largest absolute Gasteiger partial charge is 0.340 e. The minimum Gasteiger partial charge on any atom is -0.340 e. The molecule has 0 aliphatic rings. The highest BCUT2D eigenvalue weighted by Gasteiger charge is 2.12. The second-order valence-electron chi connectivity index (χ2n) is 4.58. The van der Waals surface area contributed by atoms with E-state index in [2.05, 4.69) is 32.7 Å². The Balaban J connectivity index is 2.06. The molecule has 0 aliphatic carbocycles. The first-order valence-electron chi connectivity index (χ1n) is 6.51. The van der Waals surface area contributed by atoms with Crippen LogP contribution in [0.4, 0.5) is 0 Å². The molecule has 0 amide bonds. The van der Waals surface area contributed by atoms with Gasteiger partial charge >= 0.3 is 0 Å². The molecule has 0 N–H and O–H groups in total. The van der Waals surface area contributed by atoms with E-state index in [9.17, 15) is 0 Å². The number of nitrogens with zero attached hydrogens (tertiary/aromatic N) is 4. The fraction of sp³-hybridized carbons (Fsp3) is 0.357. The number of fused-ring (bicyclic) bond motifs is 1. The second kappa shape index (κ2) is 4.84. The van der Waals surface area contributed by atoms with Gasteiger partial charge in [0.05, 0.1) is 17.6 Å². The number of rotatable bonds is 4. The smallest absolute Gasteiger partial charge is 0.223 e. The Morgan fingerprint density at radius 3 is 2.79 bits per heavy atom. The van der Waals surface area contributed by atoms with Gasteiger partial charge in [-0.25, -0.2) is 4.98 Å². The third kappa shape index (κ3) is 2.23. The lowest BCUT2D eigenvalue weighted by atomic mass is 10.3. The number of para-hydroxylation sites is 2. The van der Waals surface area contributed by atoms with Crippen molar-refractivity contribution in [2.75, 3.05) is 0 Å². The molecule has 2 heterocycles. The van der Waals surface area contributed by atoms with Crippen LogP contribution in [0.15, 0.2) is 28.8 Å². The van der Waals surface area contributed by atoms with Crippen LogP contribution in [0.25, 0.3) is 11.0 Å². The van der Waals surface area contributed by atoms with Crippen LogP contribution in [-0.2, 0) is 13.0 Å². The highest BCUT2D eigenvalue weighted by atomic mass is 16.5. The fourth-order valence-corrected chi connectivity index (χ4v) is 2.26. The Morgan fingerprint density at radius 1 is 1.21 bits per heavy atom. The predicted octanol–water partition coefficient (Wildman–Crippen LogP) is 2.73. The van der Waals surface area contributed by atoms with Crippen molar-refractivity contribution in [2.45, 2.75) is 33.2 Å². The highest BCUT2D eigenvalue weighted by molar-refractivity contribution is 5.76. The van der Waals surface area contributed by atoms with Gasteiger partial charge in [0.1, 0.15) is 5.82 Å². The SMILES string of the molecule is CCCc1nc2ccccc2n1Cc1noc(C)n1. The summed E-state index contributed by atoms with van der Waals surface area (Å²) in [7, 11) is 0. The van der Waals surface area contributed by atoms with Crippen molar-refractivity contribution in [3.8, 4) is 0 Å². The van der Waals surface area contributed by atoms with Crippen molar-refractivity contribution >= 4 is 11.0 Å². The zero-order valence-electron chi connectivity index (χ0n) is 11.1. The molecule has 0 saturated carbocycles. The van der Waals surface area contributed by atoms with Crippen molar-refractivity contribution in [1.29, 1.82) is 0 Å². The maximum atomic E-state index is 5.03. The summed E-state index contributed by atoms with van der Waals surface area (Å²) in [5, 5.41) is 3.96. The molecule has 0 aliphatic heterocycles. The standard InChI is InChI=1S/C14H16N4O/c1-3-6-14-16-11-7-4-5-8-12(11)18(14)9-13-15-10(2)19-17-13/h4-5,7-8H,3,6,9H2,1-2H3. The van der Waals surface area contributed by atoms with Crippen LogP contribution >= 0.6 is 0 Å². The van der Waals surface area contributed by atoms with E-state index < -0.39 is 0 Å². The Bertz CT molecular complexity index is 698. The second-order valence-corrected chi connectivity index (χ2v) is 4.58. The monoisotopic (exact) mass is 256 g/mol. The molecule has 0 spiro atoms. The fourth-order valence-electron chi connectivity index (χ4n) is 2.26. The van der Waals surface area contributed by atoms with E-state index in [1.54, 1.807) is 6.92 Å². The van der Waals surface area contributed by atoms with Crippen LogP contribution in [-0.4, -0.2) is 19.7 Å². The van der Waals surface area contributed by atoms with E-state index in [1.165, 1.54) is 0 Å². The van der Waals surface area contributed by atoms with Gasteiger partial charge in [0.2, 0.25) is 5.89 Å². The maximum absolute atomic E-state index is 5.03. The molecule has 5 heteroatoms. The molecule has 5 nitrogen and oxygen atoms in total. The van der Waals surface area contributed by atoms with Crippen molar-refractivity contribution in [1.82, 2.24) is 19.7 Å². The normalized spacial score (nSPS) is 11.3. The summed E-state index contributed by atoms with van der Waals surface area (Å²) >= 11 is 0. The first-order chi connectivity index (χ1) is 9.28. The molecule has 19 heavy (non-hydrogen) atoms. The van der Waals surface area contributed by atoms with Gasteiger partial charge in [-0.05, 0) is 18.6 Å². The van der Waals surface area contributed by atoms with E-state index in [-0.39, 0.29) is 0 Å². The molecule has 0 bridgehead atoms. The lowest BCUT2D eigenvalue weighted by Gasteiger charge is -2.05. The highest BCUT2D eigenvalue weighted by Crippen LogP contribution is 2.18. The van der Waals surface area contributed by atoms with E-state index in [4.69, 9.17) is 4.52 Å². The molecule has 3 rings (SSSR count). The predicted molar refractivity (Wildman–Crippen MR) is 71.9 cm³/mol. The van der Waals surface area contributed by atoms with Crippen molar-refractivity contribution < 1.29 is 4.52 Å². The molecule has 0 radical (unpaired) electrons. The van der Waals surface area contributed by atoms with Crippen molar-refractivity contribution in [2.24, 2.45) is 0 Å². The van der Waals surface area contributed by atoms with E-state index in [0.29, 0.717) is 18.3 Å². The number of aryl methyl sites for hydroxylation is 2. The third-order valence-electron chi connectivity index (χ3n) is 3.08. The number of benzene rings is 1. The van der Waals surface area contributed by atoms with Crippen LogP contribution in [0, 0.1) is 6.92 Å². The van der Waals surface area contributed by atoms with Gasteiger partial charge in [0, 0.05) is 13.3 Å². The number of imidazole rings is 1. The van der Waals surface area contributed by atoms with Crippen molar-refractivity contribution in [3.05, 3.63) is 41.8 Å². The molecule has 0 atom stereocenters. The summed E-state index contributed by atoms with van der Waals surface area (Å²) in [5.74, 6) is 2.36. The topological polar surface area (TPSA) is 56.7 Å². The molecule has 0 fully saturated rings. The first-order valence-corrected chi connectivity index (χ1v) is 6.51. The average Bonchev–Trinajstić information content (AvgIpc) is 2.96. The Morgan fingerprint density at radius 2 is 2.05 bits per heavy atom. The zero-order valence-corrected chi connectivity index (χ0v) is 11.1. The molecule has 0 saturated heterocycles. The first kappa shape index (κ1) is 11.9. The molecule has 3 aromatic rings. The van der Waals surface area contributed by atoms with Gasteiger partial charge in [-0.2, -0.15) is 4.98 Å². The van der Waals surface area contributed by atoms with Crippen LogP contribution in [0.1, 0.15) is 30.9 Å². The van der Waals surface area contributed by atoms with E-state index >= 15 is 0 Å². The minimum atomic E-state index is 0.594. The lowest BCUT2D eigenvalue weighted by molar-refractivity contribution is 0.386. The van der Waals surface area contributed by atoms with Gasteiger partial charge in [-0.1, -0.05) is 24.2 Å². The van der Waals surface area contributed by atoms with Gasteiger partial charge in [0.15, 0.2) is 5.82 Å². The van der Waals surface area contributed by atoms with Gasteiger partial charge in [-0.3, -0.25) is 0 Å². The summed E-state index contributed by atoms with van der Waals surface area (Å²) in [6, 6.07) is 8.15. The Labute approximate surface area is 111 Å². The molecular formula is C14H16N4O. The summed E-state index contributed by atoms with van der Waals surface area (Å²) in [5.41, 5.74) is 2.14. The van der Waals surface area contributed by atoms with E-state index in [1.807, 2.05) is 18.2 Å². The molecule has 2 aromatic heterocycles.